The molecule has 0 aromatic carbocycles. The first-order valence-electron chi connectivity index (χ1n) is 3.00. The summed E-state index contributed by atoms with van der Waals surface area (Å²) in [6.07, 6.45) is 0.0868. The molecule has 0 bridgehead atoms. The topological polar surface area (TPSA) is 77.2 Å². The van der Waals surface area contributed by atoms with E-state index in [1.54, 1.807) is 0 Å². The third-order valence-corrected chi connectivity index (χ3v) is 3.20. The first-order valence-corrected chi connectivity index (χ1v) is 4.82. The number of rotatable bonds is 0. The number of hydrogen-bond acceptors (Lipinski definition) is 4. The molecule has 1 aliphatic heterocycles. The molecule has 10 heavy (non-hydrogen) atoms. The highest BCUT2D eigenvalue weighted by Crippen LogP contribution is 2.06. The summed E-state index contributed by atoms with van der Waals surface area (Å²) in [7, 11) is -3.01. The lowest BCUT2D eigenvalue weighted by Gasteiger charge is -2.15. The van der Waals surface area contributed by atoms with Crippen LogP contribution < -0.4 is 5.73 Å². The van der Waals surface area contributed by atoms with E-state index < -0.39 is 15.9 Å². The van der Waals surface area contributed by atoms with Crippen LogP contribution in [0.4, 0.5) is 0 Å². The summed E-state index contributed by atoms with van der Waals surface area (Å²) < 4.78 is 21.5. The van der Waals surface area contributed by atoms with Gasteiger partial charge in [-0.2, -0.15) is 0 Å². The fraction of sp³-hybridized carbons (Fsp3) is 0.800. The van der Waals surface area contributed by atoms with Crippen LogP contribution in [0.5, 0.6) is 0 Å². The van der Waals surface area contributed by atoms with Gasteiger partial charge in [-0.3, -0.25) is 4.79 Å². The van der Waals surface area contributed by atoms with Crippen LogP contribution in [0.15, 0.2) is 0 Å². The van der Waals surface area contributed by atoms with Crippen LogP contribution in [0.25, 0.3) is 0 Å². The van der Waals surface area contributed by atoms with Crippen LogP contribution in [0.3, 0.4) is 0 Å². The number of ketones is 1. The number of sulfone groups is 1. The van der Waals surface area contributed by atoms with Gasteiger partial charge < -0.3 is 5.73 Å². The highest BCUT2D eigenvalue weighted by molar-refractivity contribution is 7.91. The maximum Gasteiger partial charge on any atom is 0.152 e. The van der Waals surface area contributed by atoms with E-state index in [0.29, 0.717) is 0 Å². The predicted octanol–water partition coefficient (Wildman–Crippen LogP) is -1.30. The van der Waals surface area contributed by atoms with Crippen molar-refractivity contribution in [2.24, 2.45) is 5.73 Å². The molecule has 5 heteroatoms. The quantitative estimate of drug-likeness (QED) is 0.481. The number of carbonyl (C=O) groups excluding carboxylic acids is 1. The SMILES string of the molecule is NC1CS(=O)(=O)CCC1=O. The highest BCUT2D eigenvalue weighted by Gasteiger charge is 2.28. The van der Waals surface area contributed by atoms with Crippen molar-refractivity contribution < 1.29 is 13.2 Å². The largest absolute Gasteiger partial charge is 0.321 e. The minimum absolute atomic E-state index is 0.0282. The Morgan fingerprint density at radius 1 is 1.50 bits per heavy atom. The van der Waals surface area contributed by atoms with Crippen LogP contribution in [-0.4, -0.2) is 31.7 Å². The lowest BCUT2D eigenvalue weighted by molar-refractivity contribution is -0.119. The van der Waals surface area contributed by atoms with Crippen molar-refractivity contribution in [3.05, 3.63) is 0 Å². The zero-order valence-corrected chi connectivity index (χ0v) is 6.23. The zero-order chi connectivity index (χ0) is 7.78. The number of carbonyl (C=O) groups is 1. The molecule has 0 aromatic rings. The molecular formula is C5H9NO3S. The molecular weight excluding hydrogens is 154 g/mol. The Kier molecular flexibility index (Phi) is 1.78. The van der Waals surface area contributed by atoms with Gasteiger partial charge in [-0.05, 0) is 0 Å². The van der Waals surface area contributed by atoms with Gasteiger partial charge in [-0.1, -0.05) is 0 Å². The van der Waals surface area contributed by atoms with E-state index >= 15 is 0 Å². The van der Waals surface area contributed by atoms with E-state index in [2.05, 4.69) is 0 Å². The molecule has 0 radical (unpaired) electrons. The second-order valence-electron chi connectivity index (χ2n) is 2.44. The third-order valence-electron chi connectivity index (χ3n) is 1.51. The summed E-state index contributed by atoms with van der Waals surface area (Å²) in [5.74, 6) is -0.347. The fourth-order valence-corrected chi connectivity index (χ4v) is 2.30. The normalized spacial score (nSPS) is 32.1. The van der Waals surface area contributed by atoms with Crippen molar-refractivity contribution in [1.82, 2.24) is 0 Å². The van der Waals surface area contributed by atoms with Gasteiger partial charge in [0, 0.05) is 6.42 Å². The van der Waals surface area contributed by atoms with E-state index in [9.17, 15) is 13.2 Å². The molecule has 1 heterocycles. The zero-order valence-electron chi connectivity index (χ0n) is 5.41. The van der Waals surface area contributed by atoms with Crippen LogP contribution in [0, 0.1) is 0 Å². The molecule has 1 aliphatic rings. The van der Waals surface area contributed by atoms with Crippen LogP contribution in [-0.2, 0) is 14.6 Å². The van der Waals surface area contributed by atoms with Gasteiger partial charge in [-0.25, -0.2) is 8.42 Å². The van der Waals surface area contributed by atoms with E-state index in [4.69, 9.17) is 5.73 Å². The average Bonchev–Trinajstić information content (AvgIpc) is 1.79. The highest BCUT2D eigenvalue weighted by atomic mass is 32.2. The van der Waals surface area contributed by atoms with Crippen LogP contribution in [0.1, 0.15) is 6.42 Å². The Morgan fingerprint density at radius 3 is 2.50 bits per heavy atom. The smallest absolute Gasteiger partial charge is 0.152 e. The molecule has 1 rings (SSSR count). The van der Waals surface area contributed by atoms with E-state index in [1.807, 2.05) is 0 Å². The van der Waals surface area contributed by atoms with E-state index in [0.717, 1.165) is 0 Å². The van der Waals surface area contributed by atoms with Gasteiger partial charge >= 0.3 is 0 Å². The Morgan fingerprint density at radius 2 is 2.10 bits per heavy atom. The number of Topliss-reactive ketones (excluding diaryl/α,β-unsaturated/α-hetero) is 1. The van der Waals surface area contributed by atoms with Gasteiger partial charge in [0.15, 0.2) is 15.6 Å². The number of nitrogens with two attached hydrogens (primary N) is 1. The molecule has 1 fully saturated rings. The summed E-state index contributed by atoms with van der Waals surface area (Å²) in [6, 6.07) is -0.779. The Hall–Kier alpha value is -0.420. The fourth-order valence-electron chi connectivity index (χ4n) is 0.891. The van der Waals surface area contributed by atoms with Crippen LogP contribution in [0.2, 0.25) is 0 Å². The lowest BCUT2D eigenvalue weighted by Crippen LogP contribution is -2.43. The first kappa shape index (κ1) is 7.68. The molecule has 0 amide bonds. The maximum absolute atomic E-state index is 10.8. The Labute approximate surface area is 59.3 Å². The Bertz CT molecular complexity index is 244. The summed E-state index contributed by atoms with van der Waals surface area (Å²) in [5.41, 5.74) is 5.23. The summed E-state index contributed by atoms with van der Waals surface area (Å²) >= 11 is 0. The average molecular weight is 163 g/mol. The van der Waals surface area contributed by atoms with Crippen LogP contribution >= 0.6 is 0 Å². The lowest BCUT2D eigenvalue weighted by atomic mass is 10.2. The molecule has 1 saturated heterocycles. The molecule has 1 atom stereocenters. The molecule has 1 unspecified atom stereocenters. The summed E-state index contributed by atoms with van der Waals surface area (Å²) in [4.78, 5) is 10.7. The molecule has 2 N–H and O–H groups in total. The summed E-state index contributed by atoms with van der Waals surface area (Å²) in [6.45, 7) is 0. The molecule has 58 valence electrons. The van der Waals surface area contributed by atoms with Crippen molar-refractivity contribution in [3.8, 4) is 0 Å². The first-order chi connectivity index (χ1) is 4.51. The summed E-state index contributed by atoms with van der Waals surface area (Å²) in [5, 5.41) is 0. The van der Waals surface area contributed by atoms with Gasteiger partial charge in [-0.15, -0.1) is 0 Å². The Balaban J connectivity index is 2.76. The maximum atomic E-state index is 10.8. The van der Waals surface area contributed by atoms with Gasteiger partial charge in [0.2, 0.25) is 0 Å². The molecule has 0 saturated carbocycles. The van der Waals surface area contributed by atoms with Gasteiger partial charge in [0.05, 0.1) is 17.5 Å². The molecule has 0 aliphatic carbocycles. The van der Waals surface area contributed by atoms with E-state index in [1.165, 1.54) is 0 Å². The standard InChI is InChI=1S/C5H9NO3S/c6-4-3-10(8,9)2-1-5(4)7/h4H,1-3,6H2. The number of hydrogen-bond donors (Lipinski definition) is 1. The van der Waals surface area contributed by atoms with Crippen molar-refractivity contribution >= 4 is 15.6 Å². The third kappa shape index (κ3) is 1.54. The molecule has 0 aromatic heterocycles. The van der Waals surface area contributed by atoms with Gasteiger partial charge in [0.1, 0.15) is 0 Å². The predicted molar refractivity (Wildman–Crippen MR) is 36.3 cm³/mol. The van der Waals surface area contributed by atoms with Crippen molar-refractivity contribution in [3.63, 3.8) is 0 Å². The van der Waals surface area contributed by atoms with E-state index in [-0.39, 0.29) is 23.7 Å². The van der Waals surface area contributed by atoms with Gasteiger partial charge in [0.25, 0.3) is 0 Å². The molecule has 4 nitrogen and oxygen atoms in total. The minimum atomic E-state index is -3.01. The minimum Gasteiger partial charge on any atom is -0.321 e. The second-order valence-corrected chi connectivity index (χ2v) is 4.67. The van der Waals surface area contributed by atoms with Crippen molar-refractivity contribution in [2.45, 2.75) is 12.5 Å². The molecule has 0 spiro atoms. The monoisotopic (exact) mass is 163 g/mol. The second kappa shape index (κ2) is 2.32. The van der Waals surface area contributed by atoms with Crippen molar-refractivity contribution in [1.29, 1.82) is 0 Å². The van der Waals surface area contributed by atoms with Crippen molar-refractivity contribution in [2.75, 3.05) is 11.5 Å².